The Balaban J connectivity index is 1.19. The van der Waals surface area contributed by atoms with Crippen molar-refractivity contribution in [3.8, 4) is 16.9 Å². The summed E-state index contributed by atoms with van der Waals surface area (Å²) < 4.78 is 41.2. The van der Waals surface area contributed by atoms with E-state index < -0.39 is 27.8 Å². The van der Waals surface area contributed by atoms with E-state index in [0.29, 0.717) is 29.7 Å². The summed E-state index contributed by atoms with van der Waals surface area (Å²) in [4.78, 5) is 30.2. The second-order valence-corrected chi connectivity index (χ2v) is 15.7. The Morgan fingerprint density at radius 3 is 2.29 bits per heavy atom. The van der Waals surface area contributed by atoms with Crippen LogP contribution >= 0.6 is 11.8 Å². The maximum Gasteiger partial charge on any atom is 0.407 e. The van der Waals surface area contributed by atoms with Crippen molar-refractivity contribution in [2.45, 2.75) is 83.3 Å². The first-order chi connectivity index (χ1) is 22.7. The van der Waals surface area contributed by atoms with Gasteiger partial charge in [0.2, 0.25) is 11.1 Å². The van der Waals surface area contributed by atoms with Crippen molar-refractivity contribution >= 4 is 39.0 Å². The third-order valence-corrected chi connectivity index (χ3v) is 11.4. The van der Waals surface area contributed by atoms with Crippen molar-refractivity contribution in [2.75, 3.05) is 18.9 Å². The number of carbonyl (C=O) groups excluding carboxylic acids is 2. The van der Waals surface area contributed by atoms with E-state index in [1.54, 1.807) is 13.8 Å². The normalized spacial score (nSPS) is 15.6. The third-order valence-electron chi connectivity index (χ3n) is 8.94. The fourth-order valence-corrected chi connectivity index (χ4v) is 8.82. The average Bonchev–Trinajstić information content (AvgIpc) is 3.54. The quantitative estimate of drug-likeness (QED) is 0.128. The zero-order valence-electron chi connectivity index (χ0n) is 28.3. The van der Waals surface area contributed by atoms with Crippen molar-refractivity contribution in [3.63, 3.8) is 0 Å². The number of benzene rings is 3. The molecule has 0 saturated carbocycles. The number of ether oxygens (including phenoxy) is 2. The minimum Gasteiger partial charge on any atom is -0.487 e. The van der Waals surface area contributed by atoms with Gasteiger partial charge in [0.1, 0.15) is 24.0 Å². The first-order valence-electron chi connectivity index (χ1n) is 16.2. The number of thioether (sulfide) groups is 1. The van der Waals surface area contributed by atoms with Crippen LogP contribution in [0.1, 0.15) is 72.9 Å². The summed E-state index contributed by atoms with van der Waals surface area (Å²) in [7, 11) is -4.04. The second kappa shape index (κ2) is 14.2. The molecule has 48 heavy (non-hydrogen) atoms. The molecule has 5 rings (SSSR count). The first-order valence-corrected chi connectivity index (χ1v) is 18.6. The van der Waals surface area contributed by atoms with Crippen molar-refractivity contribution in [3.05, 3.63) is 81.9 Å². The molecule has 256 valence electrons. The minimum absolute atomic E-state index is 0.100. The van der Waals surface area contributed by atoms with Gasteiger partial charge in [-0.1, -0.05) is 67.2 Å². The standard InChI is InChI=1S/C36H44N4O6S2/c1-7-47-33(41)30(39-35(42)45-20-29-26-15-10-8-13-24(26)25-14-9-11-16-27(25)29)17-12-18-38-34(37)40-48(43,44)32-22(3)21(2)31-28(23(32)4)19-36(5,6)46-31/h8-11,13-16,29-30H,7,12,17-20H2,1-6H3,(H,39,42)(H3,37,38,40)/t30-/m0/s1. The van der Waals surface area contributed by atoms with E-state index in [9.17, 15) is 18.0 Å². The number of rotatable bonds is 11. The highest BCUT2D eigenvalue weighted by molar-refractivity contribution is 8.13. The molecule has 1 amide bonds. The molecule has 12 heteroatoms. The number of aliphatic imine (C=N–C) groups is 1. The van der Waals surface area contributed by atoms with Crippen molar-refractivity contribution < 1.29 is 27.5 Å². The van der Waals surface area contributed by atoms with E-state index in [1.807, 2.05) is 64.1 Å². The summed E-state index contributed by atoms with van der Waals surface area (Å²) in [6.07, 6.45) is 0.570. The number of amides is 1. The summed E-state index contributed by atoms with van der Waals surface area (Å²) in [5.74, 6) is 0.947. The molecule has 10 nitrogen and oxygen atoms in total. The maximum atomic E-state index is 13.5. The lowest BCUT2D eigenvalue weighted by Gasteiger charge is -2.19. The Morgan fingerprint density at radius 1 is 1.04 bits per heavy atom. The number of sulfonamides is 1. The molecule has 1 aliphatic carbocycles. The molecule has 0 radical (unpaired) electrons. The zero-order chi connectivity index (χ0) is 34.8. The van der Waals surface area contributed by atoms with Gasteiger partial charge < -0.3 is 20.5 Å². The fourth-order valence-electron chi connectivity index (χ4n) is 6.64. The molecule has 0 saturated heterocycles. The van der Waals surface area contributed by atoms with Crippen LogP contribution in [0.5, 0.6) is 5.75 Å². The zero-order valence-corrected chi connectivity index (χ0v) is 29.9. The second-order valence-electron chi connectivity index (χ2n) is 12.8. The third kappa shape index (κ3) is 7.34. The van der Waals surface area contributed by atoms with E-state index in [-0.39, 0.29) is 41.5 Å². The first kappa shape index (κ1) is 35.3. The van der Waals surface area contributed by atoms with Crippen LogP contribution in [-0.4, -0.2) is 56.1 Å². The van der Waals surface area contributed by atoms with Gasteiger partial charge >= 0.3 is 6.09 Å². The highest BCUT2D eigenvalue weighted by atomic mass is 32.2. The van der Waals surface area contributed by atoms with Gasteiger partial charge in [0, 0.05) is 24.4 Å². The maximum absolute atomic E-state index is 13.5. The van der Waals surface area contributed by atoms with E-state index in [4.69, 9.17) is 15.2 Å². The number of fused-ring (bicyclic) bond motifs is 4. The topological polar surface area (TPSA) is 149 Å². The number of hydrogen-bond donors (Lipinski definition) is 3. The molecule has 4 N–H and O–H groups in total. The van der Waals surface area contributed by atoms with E-state index in [0.717, 1.165) is 50.9 Å². The van der Waals surface area contributed by atoms with Crippen molar-refractivity contribution in [1.82, 2.24) is 10.0 Å². The molecule has 0 bridgehead atoms. The predicted molar refractivity (Wildman–Crippen MR) is 190 cm³/mol. The number of hydrogen-bond acceptors (Lipinski definition) is 8. The van der Waals surface area contributed by atoms with Crippen LogP contribution in [0.25, 0.3) is 11.1 Å². The van der Waals surface area contributed by atoms with Crippen molar-refractivity contribution in [2.24, 2.45) is 10.7 Å². The number of alkyl carbamates (subject to hydrolysis) is 1. The largest absolute Gasteiger partial charge is 0.487 e. The van der Waals surface area contributed by atoms with Gasteiger partial charge in [0.15, 0.2) is 0 Å². The number of guanidine groups is 1. The Kier molecular flexibility index (Phi) is 10.4. The molecular weight excluding hydrogens is 649 g/mol. The van der Waals surface area contributed by atoms with Crippen LogP contribution in [0.3, 0.4) is 0 Å². The highest BCUT2D eigenvalue weighted by Gasteiger charge is 2.37. The predicted octanol–water partition coefficient (Wildman–Crippen LogP) is 5.89. The molecule has 2 aliphatic rings. The van der Waals surface area contributed by atoms with Gasteiger partial charge in [-0.2, -0.15) is 0 Å². The molecule has 0 spiro atoms. The van der Waals surface area contributed by atoms with Gasteiger partial charge in [-0.3, -0.25) is 9.79 Å². The smallest absolute Gasteiger partial charge is 0.407 e. The average molecular weight is 693 g/mol. The number of nitrogens with zero attached hydrogens (tertiary/aromatic N) is 1. The molecule has 1 heterocycles. The lowest BCUT2D eigenvalue weighted by Crippen LogP contribution is -2.40. The molecule has 0 unspecified atom stereocenters. The molecule has 0 aromatic heterocycles. The van der Waals surface area contributed by atoms with Crippen molar-refractivity contribution in [1.29, 1.82) is 0 Å². The minimum atomic E-state index is -4.04. The van der Waals surface area contributed by atoms with E-state index in [2.05, 4.69) is 27.2 Å². The number of carbonyl (C=O) groups is 2. The van der Waals surface area contributed by atoms with Crippen LogP contribution in [0.4, 0.5) is 4.79 Å². The van der Waals surface area contributed by atoms with E-state index in [1.165, 1.54) is 0 Å². The fraction of sp³-hybridized carbons (Fsp3) is 0.417. The van der Waals surface area contributed by atoms with Gasteiger partial charge in [0.25, 0.3) is 10.0 Å². The Morgan fingerprint density at radius 2 is 1.67 bits per heavy atom. The SMILES string of the molecule is CCSC(=O)[C@H](CCCN=C(N)NS(=O)(=O)c1c(C)c(C)c2c(c1C)CC(C)(C)O2)NC(=O)OCC1c2ccccc2-c2ccccc21. The molecule has 1 aliphatic heterocycles. The van der Waals surface area contributed by atoms with Crippen LogP contribution in [0.15, 0.2) is 58.4 Å². The van der Waals surface area contributed by atoms with Crippen LogP contribution in [0, 0.1) is 20.8 Å². The van der Waals surface area contributed by atoms with Gasteiger partial charge in [-0.25, -0.2) is 17.9 Å². The van der Waals surface area contributed by atoms with Crippen LogP contribution in [0.2, 0.25) is 0 Å². The van der Waals surface area contributed by atoms with Gasteiger partial charge in [-0.05, 0) is 92.2 Å². The van der Waals surface area contributed by atoms with Gasteiger partial charge in [0.05, 0.1) is 4.90 Å². The van der Waals surface area contributed by atoms with E-state index >= 15 is 0 Å². The molecule has 3 aromatic rings. The Bertz CT molecular complexity index is 1830. The monoisotopic (exact) mass is 692 g/mol. The lowest BCUT2D eigenvalue weighted by molar-refractivity contribution is -0.112. The molecular formula is C36H44N4O6S2. The number of nitrogens with one attached hydrogen (secondary N) is 2. The summed E-state index contributed by atoms with van der Waals surface area (Å²) in [6.45, 7) is 11.5. The van der Waals surface area contributed by atoms with Crippen LogP contribution in [-0.2, 0) is 26.0 Å². The summed E-state index contributed by atoms with van der Waals surface area (Å²) in [5, 5.41) is 2.55. The summed E-state index contributed by atoms with van der Waals surface area (Å²) in [6, 6.07) is 15.4. The highest BCUT2D eigenvalue weighted by Crippen LogP contribution is 2.45. The Labute approximate surface area is 287 Å². The lowest BCUT2D eigenvalue weighted by atomic mass is 9.94. The van der Waals surface area contributed by atoms with Gasteiger partial charge in [-0.15, -0.1) is 0 Å². The molecule has 0 fully saturated rings. The summed E-state index contributed by atoms with van der Waals surface area (Å²) in [5.41, 5.74) is 13.0. The Hall–Kier alpha value is -4.03. The summed E-state index contributed by atoms with van der Waals surface area (Å²) >= 11 is 1.12. The molecule has 3 aromatic carbocycles. The molecule has 1 atom stereocenters. The number of nitrogens with two attached hydrogens (primary N) is 1. The van der Waals surface area contributed by atoms with Crippen LogP contribution < -0.4 is 20.5 Å².